The molecule has 24 valence electrons. The quantitative estimate of drug-likeness (QED) is 0.296. The molecular formula is CH4B2N2. The Morgan fingerprint density at radius 1 is 1.20 bits per heavy atom. The lowest BCUT2D eigenvalue weighted by Gasteiger charge is -1.89. The van der Waals surface area contributed by atoms with Crippen LogP contribution in [0.3, 0.4) is 0 Å². The largest absolute Gasteiger partial charge is 0.356 e. The second-order valence-electron chi connectivity index (χ2n) is 0.585. The van der Waals surface area contributed by atoms with Crippen molar-refractivity contribution in [3.63, 3.8) is 0 Å². The van der Waals surface area contributed by atoms with E-state index < -0.39 is 0 Å². The highest BCUT2D eigenvalue weighted by Gasteiger charge is 1.61. The van der Waals surface area contributed by atoms with E-state index >= 15 is 0 Å². The van der Waals surface area contributed by atoms with Gasteiger partial charge < -0.3 is 10.5 Å². The van der Waals surface area contributed by atoms with Gasteiger partial charge in [-0.25, -0.2) is 0 Å². The fraction of sp³-hybridized carbons (Fsp3) is 1.00. The molecule has 0 rings (SSSR count). The van der Waals surface area contributed by atoms with E-state index in [0.717, 1.165) is 0 Å². The van der Waals surface area contributed by atoms with Crippen molar-refractivity contribution in [1.29, 1.82) is 0 Å². The molecule has 0 amide bonds. The SMILES string of the molecule is [B]NCN[B]. The summed E-state index contributed by atoms with van der Waals surface area (Å²) < 4.78 is 0. The van der Waals surface area contributed by atoms with Crippen molar-refractivity contribution >= 4 is 16.0 Å². The lowest BCUT2D eigenvalue weighted by atomic mass is 10.4. The van der Waals surface area contributed by atoms with E-state index in [1.165, 1.54) is 0 Å². The van der Waals surface area contributed by atoms with Crippen molar-refractivity contribution in [2.75, 3.05) is 6.67 Å². The zero-order chi connectivity index (χ0) is 4.12. The second kappa shape index (κ2) is 4.05. The van der Waals surface area contributed by atoms with Crippen LogP contribution in [-0.2, 0) is 0 Å². The van der Waals surface area contributed by atoms with Crippen molar-refractivity contribution in [3.05, 3.63) is 0 Å². The molecule has 2 N–H and O–H groups in total. The first-order valence-corrected chi connectivity index (χ1v) is 1.28. The van der Waals surface area contributed by atoms with E-state index in [2.05, 4.69) is 10.5 Å². The number of hydrogen-bond acceptors (Lipinski definition) is 2. The Kier molecular flexibility index (Phi) is 4.09. The topological polar surface area (TPSA) is 24.1 Å². The normalized spacial score (nSPS) is 8.00. The molecule has 0 heterocycles. The molecular weight excluding hydrogens is 61.6 g/mol. The van der Waals surface area contributed by atoms with Crippen LogP contribution >= 0.6 is 0 Å². The maximum atomic E-state index is 4.75. The smallest absolute Gasteiger partial charge is 0.179 e. The van der Waals surface area contributed by atoms with Gasteiger partial charge in [-0.3, -0.25) is 0 Å². The molecule has 0 aromatic rings. The van der Waals surface area contributed by atoms with Crippen LogP contribution < -0.4 is 10.5 Å². The maximum Gasteiger partial charge on any atom is 0.179 e. The minimum absolute atomic E-state index is 0.444. The third kappa shape index (κ3) is 4.05. The first-order chi connectivity index (χ1) is 2.41. The Morgan fingerprint density at radius 2 is 1.60 bits per heavy atom. The van der Waals surface area contributed by atoms with Gasteiger partial charge in [0.15, 0.2) is 16.0 Å². The first kappa shape index (κ1) is 5.05. The highest BCUT2D eigenvalue weighted by molar-refractivity contribution is 6.06. The van der Waals surface area contributed by atoms with Crippen molar-refractivity contribution in [3.8, 4) is 0 Å². The van der Waals surface area contributed by atoms with Crippen LogP contribution in [0, 0.1) is 0 Å². The molecule has 5 heavy (non-hydrogen) atoms. The molecule has 4 heteroatoms. The summed E-state index contributed by atoms with van der Waals surface area (Å²) in [5, 5.41) is 4.56. The monoisotopic (exact) mass is 66.1 g/mol. The average Bonchev–Trinajstić information content (AvgIpc) is 1.41. The van der Waals surface area contributed by atoms with E-state index in [-0.39, 0.29) is 0 Å². The van der Waals surface area contributed by atoms with Gasteiger partial charge in [0.1, 0.15) is 0 Å². The van der Waals surface area contributed by atoms with Crippen molar-refractivity contribution in [1.82, 2.24) is 10.5 Å². The van der Waals surface area contributed by atoms with Crippen LogP contribution in [0.5, 0.6) is 0 Å². The Balaban J connectivity index is 2.19. The van der Waals surface area contributed by atoms with E-state index in [0.29, 0.717) is 6.67 Å². The van der Waals surface area contributed by atoms with E-state index in [4.69, 9.17) is 16.0 Å². The number of rotatable bonds is 2. The lowest BCUT2D eigenvalue weighted by Crippen LogP contribution is -2.23. The molecule has 0 aliphatic heterocycles. The van der Waals surface area contributed by atoms with E-state index in [1.54, 1.807) is 0 Å². The van der Waals surface area contributed by atoms with Gasteiger partial charge in [0.05, 0.1) is 0 Å². The number of nitrogens with one attached hydrogen (secondary N) is 2. The van der Waals surface area contributed by atoms with E-state index in [9.17, 15) is 0 Å². The minimum Gasteiger partial charge on any atom is -0.356 e. The third-order valence-corrected chi connectivity index (χ3v) is 0.204. The van der Waals surface area contributed by atoms with Crippen LogP contribution in [0.1, 0.15) is 0 Å². The van der Waals surface area contributed by atoms with Gasteiger partial charge >= 0.3 is 0 Å². The molecule has 0 aliphatic carbocycles. The molecule has 0 saturated carbocycles. The standard InChI is InChI=1S/CH4B2N2/c2-4-1-5-3/h4-5H,1H2. The Labute approximate surface area is 34.2 Å². The summed E-state index contributed by atoms with van der Waals surface area (Å²) >= 11 is 0. The summed E-state index contributed by atoms with van der Waals surface area (Å²) in [5.74, 6) is 0. The van der Waals surface area contributed by atoms with Gasteiger partial charge in [-0.05, 0) is 0 Å². The molecule has 0 aromatic heterocycles. The van der Waals surface area contributed by atoms with Gasteiger partial charge in [0, 0.05) is 6.67 Å². The fourth-order valence-corrected chi connectivity index (χ4v) is 0.0589. The van der Waals surface area contributed by atoms with Gasteiger partial charge in [-0.2, -0.15) is 0 Å². The highest BCUT2D eigenvalue weighted by Crippen LogP contribution is 1.26. The molecule has 0 fully saturated rings. The zero-order valence-corrected chi connectivity index (χ0v) is 2.86. The molecule has 0 spiro atoms. The summed E-state index contributed by atoms with van der Waals surface area (Å²) in [6, 6.07) is 0. The van der Waals surface area contributed by atoms with Gasteiger partial charge in [-0.15, -0.1) is 0 Å². The maximum absolute atomic E-state index is 4.75. The molecule has 0 aromatic carbocycles. The second-order valence-corrected chi connectivity index (χ2v) is 0.585. The highest BCUT2D eigenvalue weighted by atomic mass is 14.9. The van der Waals surface area contributed by atoms with Crippen molar-refractivity contribution in [2.45, 2.75) is 0 Å². The average molecular weight is 65.7 g/mol. The molecule has 2 nitrogen and oxygen atoms in total. The van der Waals surface area contributed by atoms with Gasteiger partial charge in [0.25, 0.3) is 0 Å². The van der Waals surface area contributed by atoms with Gasteiger partial charge in [0.2, 0.25) is 0 Å². The molecule has 0 bridgehead atoms. The first-order valence-electron chi connectivity index (χ1n) is 1.28. The summed E-state index contributed by atoms with van der Waals surface area (Å²) in [4.78, 5) is 0. The van der Waals surface area contributed by atoms with Crippen molar-refractivity contribution < 1.29 is 0 Å². The lowest BCUT2D eigenvalue weighted by molar-refractivity contribution is 0.893. The molecule has 4 radical (unpaired) electrons. The van der Waals surface area contributed by atoms with Crippen LogP contribution in [0.4, 0.5) is 0 Å². The van der Waals surface area contributed by atoms with Crippen LogP contribution in [0.25, 0.3) is 0 Å². The fourth-order valence-electron chi connectivity index (χ4n) is 0.0589. The van der Waals surface area contributed by atoms with Crippen LogP contribution in [0.2, 0.25) is 0 Å². The summed E-state index contributed by atoms with van der Waals surface area (Å²) in [7, 11) is 9.49. The molecule has 0 unspecified atom stereocenters. The summed E-state index contributed by atoms with van der Waals surface area (Å²) in [6.45, 7) is 0.444. The third-order valence-electron chi connectivity index (χ3n) is 0.204. The Hall–Kier alpha value is 0.0499. The van der Waals surface area contributed by atoms with Crippen molar-refractivity contribution in [2.24, 2.45) is 0 Å². The predicted molar refractivity (Wildman–Crippen MR) is 22.6 cm³/mol. The minimum atomic E-state index is 0.444. The summed E-state index contributed by atoms with van der Waals surface area (Å²) in [6.07, 6.45) is 0. The Morgan fingerprint density at radius 3 is 1.60 bits per heavy atom. The number of hydrogen-bond donors (Lipinski definition) is 2. The van der Waals surface area contributed by atoms with Crippen LogP contribution in [-0.4, -0.2) is 22.6 Å². The molecule has 0 saturated heterocycles. The molecule has 0 atom stereocenters. The van der Waals surface area contributed by atoms with Gasteiger partial charge in [-0.1, -0.05) is 0 Å². The zero-order valence-electron chi connectivity index (χ0n) is 2.86. The Bertz CT molecular complexity index is 15.1. The summed E-state index contributed by atoms with van der Waals surface area (Å²) in [5.41, 5.74) is 0. The van der Waals surface area contributed by atoms with Crippen LogP contribution in [0.15, 0.2) is 0 Å². The van der Waals surface area contributed by atoms with E-state index in [1.807, 2.05) is 0 Å². The predicted octanol–water partition coefficient (Wildman–Crippen LogP) is -1.71. The molecule has 0 aliphatic rings.